The first-order valence-electron chi connectivity index (χ1n) is 9.90. The maximum Gasteiger partial charge on any atom is 0.165 e. The van der Waals surface area contributed by atoms with Crippen LogP contribution in [0.15, 0.2) is 24.3 Å². The molecule has 1 heteroatoms. The van der Waals surface area contributed by atoms with Gasteiger partial charge in [0.15, 0.2) is 5.78 Å². The maximum atomic E-state index is 12.8. The van der Waals surface area contributed by atoms with E-state index in [9.17, 15) is 4.79 Å². The van der Waals surface area contributed by atoms with E-state index in [1.54, 1.807) is 0 Å². The summed E-state index contributed by atoms with van der Waals surface area (Å²) in [6.07, 6.45) is 13.6. The van der Waals surface area contributed by atoms with Crippen LogP contribution >= 0.6 is 0 Å². The van der Waals surface area contributed by atoms with E-state index in [4.69, 9.17) is 0 Å². The summed E-state index contributed by atoms with van der Waals surface area (Å²) in [6, 6.07) is 8.63. The van der Waals surface area contributed by atoms with Crippen molar-refractivity contribution in [1.29, 1.82) is 0 Å². The lowest BCUT2D eigenvalue weighted by atomic mass is 9.83. The second-order valence-corrected chi connectivity index (χ2v) is 7.30. The maximum absolute atomic E-state index is 12.8. The van der Waals surface area contributed by atoms with Crippen LogP contribution in [0, 0.1) is 5.92 Å². The second kappa shape index (κ2) is 9.90. The van der Waals surface area contributed by atoms with E-state index < -0.39 is 0 Å². The number of carbonyl (C=O) groups is 1. The fraction of sp³-hybridized carbons (Fsp3) is 0.682. The fourth-order valence-corrected chi connectivity index (χ4v) is 3.90. The molecule has 0 unspecified atom stereocenters. The molecule has 128 valence electrons. The molecule has 1 saturated carbocycles. The molecule has 0 bridgehead atoms. The standard InChI is InChI=1S/C22H34O/c1-3-5-10-20(11-6-4-2)22(23)21-16-14-19(15-17-21)18-12-8-7-9-13-18/h14-18,20H,3-13H2,1-2H3. The number of unbranched alkanes of at least 4 members (excludes halogenated alkanes) is 2. The minimum Gasteiger partial charge on any atom is -0.294 e. The molecule has 0 N–H and O–H groups in total. The van der Waals surface area contributed by atoms with Gasteiger partial charge in [0.1, 0.15) is 0 Å². The smallest absolute Gasteiger partial charge is 0.165 e. The Morgan fingerprint density at radius 3 is 2.04 bits per heavy atom. The van der Waals surface area contributed by atoms with Crippen molar-refractivity contribution in [2.75, 3.05) is 0 Å². The van der Waals surface area contributed by atoms with E-state index in [0.29, 0.717) is 5.78 Å². The highest BCUT2D eigenvalue weighted by molar-refractivity contribution is 5.97. The Morgan fingerprint density at radius 1 is 0.957 bits per heavy atom. The zero-order valence-corrected chi connectivity index (χ0v) is 15.2. The van der Waals surface area contributed by atoms with Gasteiger partial charge in [0, 0.05) is 11.5 Å². The van der Waals surface area contributed by atoms with Crippen LogP contribution in [0.25, 0.3) is 0 Å². The fourth-order valence-electron chi connectivity index (χ4n) is 3.90. The molecule has 23 heavy (non-hydrogen) atoms. The summed E-state index contributed by atoms with van der Waals surface area (Å²) in [7, 11) is 0. The summed E-state index contributed by atoms with van der Waals surface area (Å²) in [5.41, 5.74) is 2.38. The minimum absolute atomic E-state index is 0.232. The average Bonchev–Trinajstić information content (AvgIpc) is 2.62. The number of carbonyl (C=O) groups excluding carboxylic acids is 1. The minimum atomic E-state index is 0.232. The number of rotatable bonds is 9. The highest BCUT2D eigenvalue weighted by atomic mass is 16.1. The zero-order valence-electron chi connectivity index (χ0n) is 15.2. The Balaban J connectivity index is 2.01. The normalized spacial score (nSPS) is 16.0. The van der Waals surface area contributed by atoms with Gasteiger partial charge in [-0.15, -0.1) is 0 Å². The molecule has 0 heterocycles. The van der Waals surface area contributed by atoms with Crippen LogP contribution in [0.4, 0.5) is 0 Å². The van der Waals surface area contributed by atoms with E-state index in [1.165, 1.54) is 63.4 Å². The van der Waals surface area contributed by atoms with Crippen molar-refractivity contribution in [2.45, 2.75) is 90.4 Å². The van der Waals surface area contributed by atoms with Gasteiger partial charge in [-0.1, -0.05) is 83.1 Å². The van der Waals surface area contributed by atoms with Crippen molar-refractivity contribution < 1.29 is 4.79 Å². The van der Waals surface area contributed by atoms with Gasteiger partial charge in [0.2, 0.25) is 0 Å². The topological polar surface area (TPSA) is 17.1 Å². The summed E-state index contributed by atoms with van der Waals surface area (Å²) in [5.74, 6) is 1.33. The van der Waals surface area contributed by atoms with E-state index >= 15 is 0 Å². The second-order valence-electron chi connectivity index (χ2n) is 7.30. The third-order valence-corrected chi connectivity index (χ3v) is 5.45. The summed E-state index contributed by atoms with van der Waals surface area (Å²) >= 11 is 0. The predicted octanol–water partition coefficient (Wildman–Crippen LogP) is 6.91. The molecule has 0 amide bonds. The number of hydrogen-bond donors (Lipinski definition) is 0. The predicted molar refractivity (Wildman–Crippen MR) is 99.1 cm³/mol. The molecule has 2 rings (SSSR count). The van der Waals surface area contributed by atoms with E-state index in [-0.39, 0.29) is 5.92 Å². The quantitative estimate of drug-likeness (QED) is 0.452. The van der Waals surface area contributed by atoms with E-state index in [0.717, 1.165) is 24.3 Å². The first-order chi connectivity index (χ1) is 11.3. The van der Waals surface area contributed by atoms with Gasteiger partial charge in [0.25, 0.3) is 0 Å². The first kappa shape index (κ1) is 18.2. The van der Waals surface area contributed by atoms with E-state index in [1.807, 2.05) is 0 Å². The third kappa shape index (κ3) is 5.48. The largest absolute Gasteiger partial charge is 0.294 e. The molecule has 0 aromatic heterocycles. The highest BCUT2D eigenvalue weighted by Gasteiger charge is 2.20. The number of hydrogen-bond acceptors (Lipinski definition) is 1. The molecule has 1 aliphatic rings. The van der Waals surface area contributed by atoms with Gasteiger partial charge in [-0.05, 0) is 37.2 Å². The molecule has 1 aliphatic carbocycles. The Morgan fingerprint density at radius 2 is 1.52 bits per heavy atom. The first-order valence-corrected chi connectivity index (χ1v) is 9.90. The Labute approximate surface area is 142 Å². The molecular weight excluding hydrogens is 280 g/mol. The van der Waals surface area contributed by atoms with Crippen LogP contribution in [-0.4, -0.2) is 5.78 Å². The molecule has 1 aromatic rings. The van der Waals surface area contributed by atoms with Gasteiger partial charge in [-0.2, -0.15) is 0 Å². The molecule has 0 spiro atoms. The molecule has 0 aliphatic heterocycles. The molecule has 0 saturated heterocycles. The summed E-state index contributed by atoms with van der Waals surface area (Å²) < 4.78 is 0. The summed E-state index contributed by atoms with van der Waals surface area (Å²) in [5, 5.41) is 0. The van der Waals surface area contributed by atoms with Crippen molar-refractivity contribution in [3.05, 3.63) is 35.4 Å². The highest BCUT2D eigenvalue weighted by Crippen LogP contribution is 2.33. The Bertz CT molecular complexity index is 445. The summed E-state index contributed by atoms with van der Waals surface area (Å²) in [4.78, 5) is 12.8. The SMILES string of the molecule is CCCCC(CCCC)C(=O)c1ccc(C2CCCCC2)cc1. The van der Waals surface area contributed by atoms with Crippen molar-refractivity contribution in [3.8, 4) is 0 Å². The van der Waals surface area contributed by atoms with Crippen molar-refractivity contribution >= 4 is 5.78 Å². The van der Waals surface area contributed by atoms with Gasteiger partial charge < -0.3 is 0 Å². The number of benzene rings is 1. The van der Waals surface area contributed by atoms with Gasteiger partial charge in [0.05, 0.1) is 0 Å². The molecule has 0 atom stereocenters. The van der Waals surface area contributed by atoms with Gasteiger partial charge in [-0.3, -0.25) is 4.79 Å². The van der Waals surface area contributed by atoms with Crippen LogP contribution in [-0.2, 0) is 0 Å². The molecular formula is C22H34O. The zero-order chi connectivity index (χ0) is 16.5. The average molecular weight is 315 g/mol. The molecule has 1 fully saturated rings. The van der Waals surface area contributed by atoms with Crippen LogP contribution in [0.2, 0.25) is 0 Å². The van der Waals surface area contributed by atoms with Crippen molar-refractivity contribution in [1.82, 2.24) is 0 Å². The lowest BCUT2D eigenvalue weighted by molar-refractivity contribution is 0.0902. The Kier molecular flexibility index (Phi) is 7.85. The van der Waals surface area contributed by atoms with Gasteiger partial charge in [-0.25, -0.2) is 0 Å². The lowest BCUT2D eigenvalue weighted by Gasteiger charge is -2.22. The van der Waals surface area contributed by atoms with Crippen LogP contribution < -0.4 is 0 Å². The lowest BCUT2D eigenvalue weighted by Crippen LogP contribution is -2.15. The molecule has 1 aromatic carbocycles. The van der Waals surface area contributed by atoms with Gasteiger partial charge >= 0.3 is 0 Å². The van der Waals surface area contributed by atoms with Crippen molar-refractivity contribution in [3.63, 3.8) is 0 Å². The van der Waals surface area contributed by atoms with Crippen LogP contribution in [0.5, 0.6) is 0 Å². The summed E-state index contributed by atoms with van der Waals surface area (Å²) in [6.45, 7) is 4.42. The number of ketones is 1. The van der Waals surface area contributed by atoms with Crippen molar-refractivity contribution in [2.24, 2.45) is 5.92 Å². The monoisotopic (exact) mass is 314 g/mol. The van der Waals surface area contributed by atoms with Crippen LogP contribution in [0.3, 0.4) is 0 Å². The molecule has 0 radical (unpaired) electrons. The van der Waals surface area contributed by atoms with Crippen LogP contribution in [0.1, 0.15) is 106 Å². The number of Topliss-reactive ketones (excluding diaryl/α,β-unsaturated/α-hetero) is 1. The Hall–Kier alpha value is -1.11. The third-order valence-electron chi connectivity index (χ3n) is 5.45. The van der Waals surface area contributed by atoms with E-state index in [2.05, 4.69) is 38.1 Å². The molecule has 1 nitrogen and oxygen atoms in total.